The van der Waals surface area contributed by atoms with Gasteiger partial charge in [0.1, 0.15) is 24.3 Å². The maximum absolute atomic E-state index is 13.4. The normalized spacial score (nSPS) is 15.4. The SMILES string of the molecule is CCCOc1ccc(NC(=O)OCC(O)CN2CCN(c3cccc(F)c3)CC2)cc1. The highest BCUT2D eigenvalue weighted by Gasteiger charge is 2.20. The number of rotatable bonds is 9. The molecule has 1 aliphatic heterocycles. The van der Waals surface area contributed by atoms with Crippen LogP contribution in [0.4, 0.5) is 20.6 Å². The molecule has 0 spiro atoms. The number of carbonyl (C=O) groups excluding carboxylic acids is 1. The predicted molar refractivity (Wildman–Crippen MR) is 118 cm³/mol. The highest BCUT2D eigenvalue weighted by Crippen LogP contribution is 2.18. The molecule has 3 rings (SSSR count). The lowest BCUT2D eigenvalue weighted by molar-refractivity contribution is 0.0469. The van der Waals surface area contributed by atoms with E-state index in [1.807, 2.05) is 13.0 Å². The third-order valence-corrected chi connectivity index (χ3v) is 4.99. The molecule has 1 amide bonds. The molecule has 7 nitrogen and oxygen atoms in total. The number of halogens is 1. The molecule has 168 valence electrons. The highest BCUT2D eigenvalue weighted by molar-refractivity contribution is 5.84. The van der Waals surface area contributed by atoms with Gasteiger partial charge < -0.3 is 19.5 Å². The summed E-state index contributed by atoms with van der Waals surface area (Å²) < 4.78 is 24.0. The highest BCUT2D eigenvalue weighted by atomic mass is 19.1. The van der Waals surface area contributed by atoms with E-state index >= 15 is 0 Å². The fourth-order valence-electron chi connectivity index (χ4n) is 3.39. The lowest BCUT2D eigenvalue weighted by atomic mass is 10.2. The number of β-amino-alcohol motifs (C(OH)–C–C–N with tert-alkyl or cyclic N) is 1. The van der Waals surface area contributed by atoms with Crippen LogP contribution in [0.1, 0.15) is 13.3 Å². The largest absolute Gasteiger partial charge is 0.494 e. The van der Waals surface area contributed by atoms with E-state index in [4.69, 9.17) is 9.47 Å². The number of ether oxygens (including phenoxy) is 2. The third kappa shape index (κ3) is 7.41. The Balaban J connectivity index is 1.34. The summed E-state index contributed by atoms with van der Waals surface area (Å²) in [6.45, 7) is 5.98. The Kier molecular flexibility index (Phi) is 8.49. The van der Waals surface area contributed by atoms with Crippen molar-refractivity contribution in [3.63, 3.8) is 0 Å². The summed E-state index contributed by atoms with van der Waals surface area (Å²) in [5, 5.41) is 12.9. The molecule has 0 radical (unpaired) electrons. The van der Waals surface area contributed by atoms with Crippen LogP contribution in [-0.4, -0.2) is 68.1 Å². The van der Waals surface area contributed by atoms with Crippen molar-refractivity contribution in [3.05, 3.63) is 54.3 Å². The van der Waals surface area contributed by atoms with Gasteiger partial charge in [0.05, 0.1) is 6.61 Å². The minimum Gasteiger partial charge on any atom is -0.494 e. The van der Waals surface area contributed by atoms with Crippen LogP contribution in [0.5, 0.6) is 5.75 Å². The number of nitrogens with one attached hydrogen (secondary N) is 1. The van der Waals surface area contributed by atoms with Crippen LogP contribution in [0.2, 0.25) is 0 Å². The van der Waals surface area contributed by atoms with E-state index in [-0.39, 0.29) is 12.4 Å². The molecule has 1 unspecified atom stereocenters. The van der Waals surface area contributed by atoms with Gasteiger partial charge in [-0.05, 0) is 48.9 Å². The smallest absolute Gasteiger partial charge is 0.411 e. The number of aliphatic hydroxyl groups excluding tert-OH is 1. The van der Waals surface area contributed by atoms with Gasteiger partial charge in [-0.1, -0.05) is 13.0 Å². The molecular weight excluding hydrogens is 401 g/mol. The number of amides is 1. The van der Waals surface area contributed by atoms with Crippen molar-refractivity contribution in [1.29, 1.82) is 0 Å². The second-order valence-electron chi connectivity index (χ2n) is 7.52. The number of hydrogen-bond acceptors (Lipinski definition) is 6. The molecule has 8 heteroatoms. The summed E-state index contributed by atoms with van der Waals surface area (Å²) >= 11 is 0. The van der Waals surface area contributed by atoms with Gasteiger partial charge in [-0.15, -0.1) is 0 Å². The maximum Gasteiger partial charge on any atom is 0.411 e. The van der Waals surface area contributed by atoms with E-state index in [9.17, 15) is 14.3 Å². The molecule has 1 heterocycles. The molecule has 2 N–H and O–H groups in total. The standard InChI is InChI=1S/C23H30FN3O4/c1-2-14-30-22-8-6-19(7-9-22)25-23(29)31-17-21(28)16-26-10-12-27(13-11-26)20-5-3-4-18(24)15-20/h3-9,15,21,28H,2,10-14,16-17H2,1H3,(H,25,29). The van der Waals surface area contributed by atoms with Crippen LogP contribution >= 0.6 is 0 Å². The van der Waals surface area contributed by atoms with Crippen LogP contribution in [0.15, 0.2) is 48.5 Å². The summed E-state index contributed by atoms with van der Waals surface area (Å²) in [6, 6.07) is 13.6. The summed E-state index contributed by atoms with van der Waals surface area (Å²) in [7, 11) is 0. The predicted octanol–water partition coefficient (Wildman–Crippen LogP) is 3.35. The molecule has 1 aliphatic rings. The summed E-state index contributed by atoms with van der Waals surface area (Å²) in [6.07, 6.45) is -0.467. The van der Waals surface area contributed by atoms with Gasteiger partial charge in [-0.3, -0.25) is 10.2 Å². The average Bonchev–Trinajstić information content (AvgIpc) is 2.78. The number of aliphatic hydroxyl groups is 1. The Morgan fingerprint density at radius 2 is 1.90 bits per heavy atom. The number of benzene rings is 2. The van der Waals surface area contributed by atoms with Gasteiger partial charge in [0.15, 0.2) is 0 Å². The lowest BCUT2D eigenvalue weighted by Gasteiger charge is -2.36. The van der Waals surface area contributed by atoms with Gasteiger partial charge in [-0.25, -0.2) is 9.18 Å². The molecule has 31 heavy (non-hydrogen) atoms. The third-order valence-electron chi connectivity index (χ3n) is 4.99. The Bertz CT molecular complexity index is 826. The number of anilines is 2. The Morgan fingerprint density at radius 1 is 1.16 bits per heavy atom. The second-order valence-corrected chi connectivity index (χ2v) is 7.52. The lowest BCUT2D eigenvalue weighted by Crippen LogP contribution is -2.49. The quantitative estimate of drug-likeness (QED) is 0.634. The molecule has 1 fully saturated rings. The number of piperazine rings is 1. The van der Waals surface area contributed by atoms with E-state index in [1.54, 1.807) is 30.3 Å². The first kappa shape index (κ1) is 22.8. The van der Waals surface area contributed by atoms with Crippen LogP contribution < -0.4 is 15.0 Å². The first-order valence-corrected chi connectivity index (χ1v) is 10.6. The zero-order valence-electron chi connectivity index (χ0n) is 17.8. The average molecular weight is 432 g/mol. The van der Waals surface area contributed by atoms with Gasteiger partial charge in [0, 0.05) is 44.1 Å². The Morgan fingerprint density at radius 3 is 2.58 bits per heavy atom. The van der Waals surface area contributed by atoms with Crippen molar-refractivity contribution in [2.24, 2.45) is 0 Å². The fraction of sp³-hybridized carbons (Fsp3) is 0.435. The Labute approximate surface area is 182 Å². The summed E-state index contributed by atoms with van der Waals surface area (Å²) in [5.41, 5.74) is 1.46. The number of carbonyl (C=O) groups is 1. The Hall–Kier alpha value is -2.84. The van der Waals surface area contributed by atoms with Crippen molar-refractivity contribution in [2.75, 3.05) is 56.2 Å². The minimum atomic E-state index is -0.781. The van der Waals surface area contributed by atoms with Crippen LogP contribution in [0.25, 0.3) is 0 Å². The molecule has 1 atom stereocenters. The zero-order chi connectivity index (χ0) is 22.1. The first-order chi connectivity index (χ1) is 15.0. The van der Waals surface area contributed by atoms with Crippen molar-refractivity contribution in [3.8, 4) is 5.75 Å². The van der Waals surface area contributed by atoms with Crippen molar-refractivity contribution >= 4 is 17.5 Å². The number of hydrogen-bond donors (Lipinski definition) is 2. The van der Waals surface area contributed by atoms with Crippen molar-refractivity contribution in [1.82, 2.24) is 4.90 Å². The molecule has 0 bridgehead atoms. The number of nitrogens with zero attached hydrogens (tertiary/aromatic N) is 2. The van der Waals surface area contributed by atoms with E-state index in [2.05, 4.69) is 15.1 Å². The fourth-order valence-corrected chi connectivity index (χ4v) is 3.39. The van der Waals surface area contributed by atoms with E-state index in [0.29, 0.717) is 18.8 Å². The van der Waals surface area contributed by atoms with Crippen LogP contribution in [0.3, 0.4) is 0 Å². The van der Waals surface area contributed by atoms with Crippen LogP contribution in [0, 0.1) is 5.82 Å². The molecule has 0 aliphatic carbocycles. The first-order valence-electron chi connectivity index (χ1n) is 10.6. The van der Waals surface area contributed by atoms with Crippen LogP contribution in [-0.2, 0) is 4.74 Å². The molecule has 0 aromatic heterocycles. The molecule has 1 saturated heterocycles. The molecule has 0 saturated carbocycles. The van der Waals surface area contributed by atoms with Gasteiger partial charge in [0.25, 0.3) is 0 Å². The van der Waals surface area contributed by atoms with Gasteiger partial charge in [0.2, 0.25) is 0 Å². The molecule has 2 aromatic rings. The van der Waals surface area contributed by atoms with Crippen molar-refractivity contribution < 1.29 is 23.8 Å². The van der Waals surface area contributed by atoms with Gasteiger partial charge >= 0.3 is 6.09 Å². The van der Waals surface area contributed by atoms with E-state index in [1.165, 1.54) is 12.1 Å². The van der Waals surface area contributed by atoms with Crippen molar-refractivity contribution in [2.45, 2.75) is 19.4 Å². The monoisotopic (exact) mass is 431 g/mol. The van der Waals surface area contributed by atoms with Gasteiger partial charge in [-0.2, -0.15) is 0 Å². The van der Waals surface area contributed by atoms with E-state index in [0.717, 1.165) is 44.0 Å². The summed E-state index contributed by atoms with van der Waals surface area (Å²) in [5.74, 6) is 0.500. The van der Waals surface area contributed by atoms with E-state index < -0.39 is 12.2 Å². The summed E-state index contributed by atoms with van der Waals surface area (Å²) in [4.78, 5) is 16.2. The minimum absolute atomic E-state index is 0.0896. The maximum atomic E-state index is 13.4. The molecule has 2 aromatic carbocycles. The second kappa shape index (κ2) is 11.5. The zero-order valence-corrected chi connectivity index (χ0v) is 17.8. The molecular formula is C23H30FN3O4. The topological polar surface area (TPSA) is 74.3 Å².